The number of benzene rings is 4. The Labute approximate surface area is 178 Å². The number of aromatic hydroxyl groups is 2. The largest absolute Gasteiger partial charge is 0.508 e. The third-order valence-corrected chi connectivity index (χ3v) is 6.68. The molecule has 0 amide bonds. The fourth-order valence-corrected chi connectivity index (χ4v) is 4.89. The molecule has 0 radical (unpaired) electrons. The second-order valence-corrected chi connectivity index (χ2v) is 8.31. The third-order valence-electron chi connectivity index (χ3n) is 6.68. The van der Waals surface area contributed by atoms with Gasteiger partial charge in [0, 0.05) is 11.1 Å². The summed E-state index contributed by atoms with van der Waals surface area (Å²) in [4.78, 5) is 0. The Morgan fingerprint density at radius 2 is 0.967 bits per heavy atom. The minimum atomic E-state index is 0.384. The summed E-state index contributed by atoms with van der Waals surface area (Å²) in [7, 11) is 0. The van der Waals surface area contributed by atoms with Crippen LogP contribution in [-0.4, -0.2) is 10.2 Å². The molecule has 0 spiro atoms. The number of hydrogen-bond acceptors (Lipinski definition) is 2. The summed E-state index contributed by atoms with van der Waals surface area (Å²) in [5.74, 6) is 1.61. The topological polar surface area (TPSA) is 40.5 Å². The zero-order valence-electron chi connectivity index (χ0n) is 17.8. The van der Waals surface area contributed by atoms with E-state index in [9.17, 15) is 10.2 Å². The van der Waals surface area contributed by atoms with Gasteiger partial charge in [0.25, 0.3) is 0 Å². The van der Waals surface area contributed by atoms with Crippen LogP contribution in [0.2, 0.25) is 0 Å². The first-order chi connectivity index (χ1) is 14.6. The molecule has 2 nitrogen and oxygen atoms in total. The predicted molar refractivity (Wildman–Crippen MR) is 126 cm³/mol. The molecule has 0 aliphatic carbocycles. The number of hydrogen-bond donors (Lipinski definition) is 2. The van der Waals surface area contributed by atoms with E-state index in [0.717, 1.165) is 47.6 Å². The average molecular weight is 399 g/mol. The molecule has 2 heteroatoms. The van der Waals surface area contributed by atoms with Gasteiger partial charge in [0.2, 0.25) is 0 Å². The van der Waals surface area contributed by atoms with Crippen LogP contribution >= 0.6 is 0 Å². The van der Waals surface area contributed by atoms with E-state index < -0.39 is 0 Å². The van der Waals surface area contributed by atoms with Gasteiger partial charge in [0.15, 0.2) is 0 Å². The van der Waals surface area contributed by atoms with Crippen LogP contribution in [0, 0.1) is 11.8 Å². The first-order valence-electron chi connectivity index (χ1n) is 11.0. The molecule has 0 saturated carbocycles. The molecule has 4 aromatic carbocycles. The fraction of sp³-hybridized carbons (Fsp3) is 0.286. The first kappa shape index (κ1) is 20.3. The van der Waals surface area contributed by atoms with Crippen molar-refractivity contribution in [3.63, 3.8) is 0 Å². The van der Waals surface area contributed by atoms with Gasteiger partial charge in [-0.05, 0) is 58.4 Å². The van der Waals surface area contributed by atoms with Crippen molar-refractivity contribution < 1.29 is 10.2 Å². The van der Waals surface area contributed by atoms with Gasteiger partial charge in [0.1, 0.15) is 11.5 Å². The highest BCUT2D eigenvalue weighted by Crippen LogP contribution is 2.37. The minimum Gasteiger partial charge on any atom is -0.508 e. The smallest absolute Gasteiger partial charge is 0.119 e. The third kappa shape index (κ3) is 3.87. The fourth-order valence-electron chi connectivity index (χ4n) is 4.89. The zero-order chi connectivity index (χ0) is 21.1. The van der Waals surface area contributed by atoms with E-state index in [2.05, 4.69) is 38.1 Å². The van der Waals surface area contributed by atoms with Crippen LogP contribution in [0.25, 0.3) is 21.5 Å². The molecule has 0 aromatic heterocycles. The molecule has 0 bridgehead atoms. The molecule has 0 aliphatic heterocycles. The molecule has 2 atom stereocenters. The van der Waals surface area contributed by atoms with Crippen molar-refractivity contribution >= 4 is 21.5 Å². The van der Waals surface area contributed by atoms with Crippen molar-refractivity contribution in [3.05, 3.63) is 83.9 Å². The van der Waals surface area contributed by atoms with Gasteiger partial charge in [0.05, 0.1) is 0 Å². The van der Waals surface area contributed by atoms with E-state index >= 15 is 0 Å². The molecule has 2 unspecified atom stereocenters. The van der Waals surface area contributed by atoms with Gasteiger partial charge in [-0.15, -0.1) is 0 Å². The highest BCUT2D eigenvalue weighted by Gasteiger charge is 2.23. The molecule has 4 rings (SSSR count). The summed E-state index contributed by atoms with van der Waals surface area (Å²) >= 11 is 0. The standard InChI is InChI=1S/C28H30O2/c1-3-19(17-25-23-11-7-5-9-21(23)13-15-27(25)29)20(4-2)18-26-24-12-8-6-10-22(24)14-16-28(26)30/h5-16,19-20,29-30H,3-4,17-18H2,1-2H3. The molecule has 0 saturated heterocycles. The summed E-state index contributed by atoms with van der Waals surface area (Å²) in [5, 5.41) is 25.9. The molecule has 0 heterocycles. The molecule has 0 fully saturated rings. The Bertz CT molecular complexity index is 1070. The first-order valence-corrected chi connectivity index (χ1v) is 11.0. The van der Waals surface area contributed by atoms with Crippen LogP contribution in [0.15, 0.2) is 72.8 Å². The van der Waals surface area contributed by atoms with E-state index in [1.54, 1.807) is 0 Å². The zero-order valence-corrected chi connectivity index (χ0v) is 17.8. The second kappa shape index (κ2) is 8.79. The quantitative estimate of drug-likeness (QED) is 0.344. The van der Waals surface area contributed by atoms with Gasteiger partial charge >= 0.3 is 0 Å². The minimum absolute atomic E-state index is 0.384. The summed E-state index contributed by atoms with van der Waals surface area (Å²) in [6.45, 7) is 4.47. The van der Waals surface area contributed by atoms with Gasteiger partial charge in [-0.25, -0.2) is 0 Å². The summed E-state index contributed by atoms with van der Waals surface area (Å²) in [5.41, 5.74) is 2.08. The lowest BCUT2D eigenvalue weighted by Gasteiger charge is -2.27. The van der Waals surface area contributed by atoms with Crippen LogP contribution in [-0.2, 0) is 12.8 Å². The average Bonchev–Trinajstić information content (AvgIpc) is 2.78. The van der Waals surface area contributed by atoms with Gasteiger partial charge < -0.3 is 10.2 Å². The van der Waals surface area contributed by atoms with E-state index in [1.165, 1.54) is 10.8 Å². The van der Waals surface area contributed by atoms with E-state index in [0.29, 0.717) is 23.3 Å². The summed E-state index contributed by atoms with van der Waals surface area (Å²) in [6, 6.07) is 24.2. The van der Waals surface area contributed by atoms with Crippen molar-refractivity contribution in [2.45, 2.75) is 39.5 Å². The SMILES string of the molecule is CCC(Cc1c(O)ccc2ccccc12)C(CC)Cc1c(O)ccc2ccccc12. The number of rotatable bonds is 7. The van der Waals surface area contributed by atoms with Crippen molar-refractivity contribution in [2.75, 3.05) is 0 Å². The maximum atomic E-state index is 10.6. The lowest BCUT2D eigenvalue weighted by molar-refractivity contribution is 0.303. The number of phenols is 2. The Morgan fingerprint density at radius 1 is 0.567 bits per heavy atom. The number of phenolic OH excluding ortho intramolecular Hbond substituents is 2. The maximum absolute atomic E-state index is 10.6. The predicted octanol–water partition coefficient (Wildman–Crippen LogP) is 7.24. The van der Waals surface area contributed by atoms with Crippen molar-refractivity contribution in [1.82, 2.24) is 0 Å². The highest BCUT2D eigenvalue weighted by molar-refractivity contribution is 5.88. The summed E-state index contributed by atoms with van der Waals surface area (Å²) in [6.07, 6.45) is 3.75. The van der Waals surface area contributed by atoms with Crippen LogP contribution in [0.4, 0.5) is 0 Å². The highest BCUT2D eigenvalue weighted by atomic mass is 16.3. The van der Waals surface area contributed by atoms with Crippen molar-refractivity contribution in [2.24, 2.45) is 11.8 Å². The second-order valence-electron chi connectivity index (χ2n) is 8.31. The van der Waals surface area contributed by atoms with Crippen molar-refractivity contribution in [3.8, 4) is 11.5 Å². The molecule has 154 valence electrons. The molecule has 4 aromatic rings. The molecule has 30 heavy (non-hydrogen) atoms. The monoisotopic (exact) mass is 398 g/mol. The molecular weight excluding hydrogens is 368 g/mol. The molecule has 2 N–H and O–H groups in total. The maximum Gasteiger partial charge on any atom is 0.119 e. The lowest BCUT2D eigenvalue weighted by atomic mass is 9.78. The van der Waals surface area contributed by atoms with Gasteiger partial charge in [-0.2, -0.15) is 0 Å². The summed E-state index contributed by atoms with van der Waals surface area (Å²) < 4.78 is 0. The van der Waals surface area contributed by atoms with E-state index in [-0.39, 0.29) is 0 Å². The normalized spacial score (nSPS) is 13.5. The Kier molecular flexibility index (Phi) is 5.94. The van der Waals surface area contributed by atoms with E-state index in [4.69, 9.17) is 0 Å². The Balaban J connectivity index is 1.68. The Morgan fingerprint density at radius 3 is 1.37 bits per heavy atom. The van der Waals surface area contributed by atoms with Crippen LogP contribution in [0.3, 0.4) is 0 Å². The van der Waals surface area contributed by atoms with Crippen LogP contribution in [0.1, 0.15) is 37.8 Å². The van der Waals surface area contributed by atoms with Crippen LogP contribution < -0.4 is 0 Å². The van der Waals surface area contributed by atoms with Crippen molar-refractivity contribution in [1.29, 1.82) is 0 Å². The van der Waals surface area contributed by atoms with Crippen LogP contribution in [0.5, 0.6) is 11.5 Å². The lowest BCUT2D eigenvalue weighted by Crippen LogP contribution is -2.19. The van der Waals surface area contributed by atoms with E-state index in [1.807, 2.05) is 48.5 Å². The van der Waals surface area contributed by atoms with Gasteiger partial charge in [-0.1, -0.05) is 87.4 Å². The molecular formula is C28H30O2. The number of fused-ring (bicyclic) bond motifs is 2. The Hall–Kier alpha value is -3.00. The van der Waals surface area contributed by atoms with Gasteiger partial charge in [-0.3, -0.25) is 0 Å². The molecule has 0 aliphatic rings.